The van der Waals surface area contributed by atoms with Gasteiger partial charge in [-0.3, -0.25) is 0 Å². The molecule has 0 radical (unpaired) electrons. The van der Waals surface area contributed by atoms with E-state index in [1.54, 1.807) is 11.8 Å². The van der Waals surface area contributed by atoms with Gasteiger partial charge in [-0.25, -0.2) is 8.42 Å². The molecule has 0 saturated carbocycles. The number of sulfone groups is 1. The lowest BCUT2D eigenvalue weighted by atomic mass is 10.2. The van der Waals surface area contributed by atoms with Crippen LogP contribution in [0, 0.1) is 0 Å². The van der Waals surface area contributed by atoms with Crippen LogP contribution in [-0.2, 0) is 9.84 Å². The van der Waals surface area contributed by atoms with Gasteiger partial charge in [-0.1, -0.05) is 18.5 Å². The van der Waals surface area contributed by atoms with Crippen LogP contribution in [0.1, 0.15) is 19.8 Å². The number of hydrogen-bond acceptors (Lipinski definition) is 4. The van der Waals surface area contributed by atoms with Crippen LogP contribution in [0.2, 0.25) is 5.02 Å². The molecular formula is C14H22ClNO2S2. The molecule has 0 bridgehead atoms. The summed E-state index contributed by atoms with van der Waals surface area (Å²) in [6.45, 7) is 2.96. The van der Waals surface area contributed by atoms with Crippen LogP contribution in [0.4, 0.5) is 0 Å². The molecule has 6 heteroatoms. The van der Waals surface area contributed by atoms with Crippen LogP contribution in [-0.4, -0.2) is 38.8 Å². The van der Waals surface area contributed by atoms with Crippen molar-refractivity contribution in [2.45, 2.75) is 30.7 Å². The van der Waals surface area contributed by atoms with Crippen LogP contribution < -0.4 is 5.32 Å². The van der Waals surface area contributed by atoms with E-state index in [4.69, 9.17) is 11.6 Å². The van der Waals surface area contributed by atoms with E-state index < -0.39 is 9.84 Å². The zero-order valence-electron chi connectivity index (χ0n) is 11.9. The van der Waals surface area contributed by atoms with Crippen LogP contribution in [0.3, 0.4) is 0 Å². The average molecular weight is 336 g/mol. The van der Waals surface area contributed by atoms with Crippen molar-refractivity contribution in [1.29, 1.82) is 0 Å². The van der Waals surface area contributed by atoms with Gasteiger partial charge in [0.15, 0.2) is 0 Å². The maximum absolute atomic E-state index is 11.1. The molecule has 1 aromatic rings. The quantitative estimate of drug-likeness (QED) is 0.704. The Hall–Kier alpha value is -0.230. The van der Waals surface area contributed by atoms with Crippen molar-refractivity contribution < 1.29 is 8.42 Å². The maximum atomic E-state index is 11.1. The standard InChI is InChI=1S/C14H22ClNO2S2/c1-3-16-13(5-4-10-20(2,17)18)11-19-14-8-6-12(15)7-9-14/h6-9,13,16H,3-5,10-11H2,1-2H3. The Kier molecular flexibility index (Phi) is 7.95. The summed E-state index contributed by atoms with van der Waals surface area (Å²) in [6, 6.07) is 8.12. The Morgan fingerprint density at radius 3 is 2.50 bits per heavy atom. The highest BCUT2D eigenvalue weighted by atomic mass is 35.5. The van der Waals surface area contributed by atoms with E-state index in [1.807, 2.05) is 24.3 Å². The summed E-state index contributed by atoms with van der Waals surface area (Å²) in [5.41, 5.74) is 0. The number of rotatable bonds is 9. The normalized spacial score (nSPS) is 13.3. The zero-order valence-corrected chi connectivity index (χ0v) is 14.3. The van der Waals surface area contributed by atoms with E-state index in [-0.39, 0.29) is 5.75 Å². The molecular weight excluding hydrogens is 314 g/mol. The first-order valence-corrected chi connectivity index (χ1v) is 10.1. The third-order valence-electron chi connectivity index (χ3n) is 2.83. The van der Waals surface area contributed by atoms with Gasteiger partial charge in [-0.15, -0.1) is 11.8 Å². The van der Waals surface area contributed by atoms with Crippen molar-refractivity contribution in [3.05, 3.63) is 29.3 Å². The van der Waals surface area contributed by atoms with Gasteiger partial charge in [0, 0.05) is 33.7 Å². The lowest BCUT2D eigenvalue weighted by Gasteiger charge is -2.17. The van der Waals surface area contributed by atoms with Crippen molar-refractivity contribution in [3.8, 4) is 0 Å². The molecule has 0 aromatic heterocycles. The molecule has 114 valence electrons. The SMILES string of the molecule is CCNC(CCCS(C)(=O)=O)CSc1ccc(Cl)cc1. The molecule has 0 heterocycles. The molecule has 0 fully saturated rings. The lowest BCUT2D eigenvalue weighted by molar-refractivity contribution is 0.527. The molecule has 1 unspecified atom stereocenters. The summed E-state index contributed by atoms with van der Waals surface area (Å²) >= 11 is 7.62. The molecule has 0 amide bonds. The number of thioether (sulfide) groups is 1. The Morgan fingerprint density at radius 2 is 1.95 bits per heavy atom. The van der Waals surface area contributed by atoms with Gasteiger partial charge >= 0.3 is 0 Å². The van der Waals surface area contributed by atoms with Crippen molar-refractivity contribution in [1.82, 2.24) is 5.32 Å². The van der Waals surface area contributed by atoms with E-state index in [0.29, 0.717) is 12.5 Å². The fourth-order valence-electron chi connectivity index (χ4n) is 1.85. The van der Waals surface area contributed by atoms with Crippen molar-refractivity contribution in [2.24, 2.45) is 0 Å². The smallest absolute Gasteiger partial charge is 0.147 e. The average Bonchev–Trinajstić information content (AvgIpc) is 2.36. The summed E-state index contributed by atoms with van der Waals surface area (Å²) in [4.78, 5) is 1.18. The van der Waals surface area contributed by atoms with E-state index in [0.717, 1.165) is 23.7 Å². The first kappa shape index (κ1) is 17.8. The van der Waals surface area contributed by atoms with Crippen molar-refractivity contribution >= 4 is 33.2 Å². The maximum Gasteiger partial charge on any atom is 0.147 e. The predicted octanol–water partition coefficient (Wildman–Crippen LogP) is 3.24. The number of hydrogen-bond donors (Lipinski definition) is 1. The Balaban J connectivity index is 2.40. The molecule has 20 heavy (non-hydrogen) atoms. The van der Waals surface area contributed by atoms with Gasteiger partial charge in [-0.2, -0.15) is 0 Å². The number of halogens is 1. The monoisotopic (exact) mass is 335 g/mol. The van der Waals surface area contributed by atoms with Crippen molar-refractivity contribution in [2.75, 3.05) is 24.3 Å². The lowest BCUT2D eigenvalue weighted by Crippen LogP contribution is -2.31. The highest BCUT2D eigenvalue weighted by molar-refractivity contribution is 7.99. The summed E-state index contributed by atoms with van der Waals surface area (Å²) < 4.78 is 22.3. The first-order chi connectivity index (χ1) is 9.40. The minimum atomic E-state index is -2.86. The Bertz CT molecular complexity index is 488. The van der Waals surface area contributed by atoms with Gasteiger partial charge in [0.05, 0.1) is 0 Å². The molecule has 1 atom stereocenters. The van der Waals surface area contributed by atoms with E-state index in [2.05, 4.69) is 12.2 Å². The molecule has 0 aliphatic heterocycles. The molecule has 1 N–H and O–H groups in total. The third-order valence-corrected chi connectivity index (χ3v) is 5.28. The number of nitrogens with one attached hydrogen (secondary N) is 1. The summed E-state index contributed by atoms with van der Waals surface area (Å²) in [6.07, 6.45) is 2.87. The fraction of sp³-hybridized carbons (Fsp3) is 0.571. The van der Waals surface area contributed by atoms with E-state index in [9.17, 15) is 8.42 Å². The second kappa shape index (κ2) is 8.93. The molecule has 0 saturated heterocycles. The van der Waals surface area contributed by atoms with Crippen LogP contribution in [0.25, 0.3) is 0 Å². The van der Waals surface area contributed by atoms with Gasteiger partial charge in [0.2, 0.25) is 0 Å². The highest BCUT2D eigenvalue weighted by Crippen LogP contribution is 2.22. The summed E-state index contributed by atoms with van der Waals surface area (Å²) in [5.74, 6) is 1.19. The predicted molar refractivity (Wildman–Crippen MR) is 88.6 cm³/mol. The van der Waals surface area contributed by atoms with Gasteiger partial charge in [0.1, 0.15) is 9.84 Å². The van der Waals surface area contributed by atoms with E-state index in [1.165, 1.54) is 11.2 Å². The Labute approximate surface area is 131 Å². The molecule has 3 nitrogen and oxygen atoms in total. The van der Waals surface area contributed by atoms with E-state index >= 15 is 0 Å². The third kappa shape index (κ3) is 8.15. The highest BCUT2D eigenvalue weighted by Gasteiger charge is 2.10. The topological polar surface area (TPSA) is 46.2 Å². The Morgan fingerprint density at radius 1 is 1.30 bits per heavy atom. The largest absolute Gasteiger partial charge is 0.313 e. The molecule has 0 aliphatic carbocycles. The minimum Gasteiger partial charge on any atom is -0.313 e. The molecule has 0 aliphatic rings. The van der Waals surface area contributed by atoms with Crippen LogP contribution >= 0.6 is 23.4 Å². The van der Waals surface area contributed by atoms with Gasteiger partial charge < -0.3 is 5.32 Å². The second-order valence-electron chi connectivity index (χ2n) is 4.79. The summed E-state index contributed by atoms with van der Waals surface area (Å²) in [7, 11) is -2.86. The fourth-order valence-corrected chi connectivity index (χ4v) is 3.68. The summed E-state index contributed by atoms with van der Waals surface area (Å²) in [5, 5.41) is 4.15. The molecule has 1 rings (SSSR count). The molecule has 0 spiro atoms. The van der Waals surface area contributed by atoms with Gasteiger partial charge in [0.25, 0.3) is 0 Å². The van der Waals surface area contributed by atoms with Crippen LogP contribution in [0.15, 0.2) is 29.2 Å². The number of benzene rings is 1. The van der Waals surface area contributed by atoms with Crippen molar-refractivity contribution in [3.63, 3.8) is 0 Å². The van der Waals surface area contributed by atoms with Crippen LogP contribution in [0.5, 0.6) is 0 Å². The second-order valence-corrected chi connectivity index (χ2v) is 8.58. The van der Waals surface area contributed by atoms with Gasteiger partial charge in [-0.05, 0) is 43.7 Å². The zero-order chi connectivity index (χ0) is 15.0. The minimum absolute atomic E-state index is 0.264. The first-order valence-electron chi connectivity index (χ1n) is 6.70. The molecule has 1 aromatic carbocycles.